The molecule has 1 aliphatic heterocycles. The number of aliphatic carboxylic acids is 1. The van der Waals surface area contributed by atoms with Gasteiger partial charge in [-0.1, -0.05) is 48.5 Å². The second-order valence-electron chi connectivity index (χ2n) is 8.34. The number of ether oxygens (including phenoxy) is 3. The smallest absolute Gasteiger partial charge is 0.407 e. The van der Waals surface area contributed by atoms with E-state index in [1.165, 1.54) is 11.1 Å². The minimum atomic E-state index is -0.888. The highest BCUT2D eigenvalue weighted by Gasteiger charge is 2.31. The fraction of sp³-hybridized carbons (Fsp3) is 0.400. The highest BCUT2D eigenvalue weighted by Crippen LogP contribution is 2.44. The molecule has 4 rings (SSSR count). The zero-order chi connectivity index (χ0) is 23.9. The van der Waals surface area contributed by atoms with E-state index >= 15 is 0 Å². The zero-order valence-electron chi connectivity index (χ0n) is 18.7. The number of fused-ring (bicyclic) bond motifs is 3. The van der Waals surface area contributed by atoms with Crippen molar-refractivity contribution in [1.82, 2.24) is 10.6 Å². The van der Waals surface area contributed by atoms with Crippen LogP contribution < -0.4 is 10.6 Å². The maximum atomic E-state index is 12.1. The van der Waals surface area contributed by atoms with E-state index in [4.69, 9.17) is 19.3 Å². The molecule has 0 unspecified atom stereocenters. The Bertz CT molecular complexity index is 996. The number of carbonyl (C=O) groups excluding carboxylic acids is 2. The molecule has 0 aromatic heterocycles. The summed E-state index contributed by atoms with van der Waals surface area (Å²) in [5.74, 6) is -1.75. The van der Waals surface area contributed by atoms with E-state index in [-0.39, 0.29) is 57.4 Å². The lowest BCUT2D eigenvalue weighted by Crippen LogP contribution is -2.35. The van der Waals surface area contributed by atoms with Crippen LogP contribution in [0.1, 0.15) is 23.5 Å². The topological polar surface area (TPSA) is 123 Å². The summed E-state index contributed by atoms with van der Waals surface area (Å²) in [4.78, 5) is 34.9. The Morgan fingerprint density at radius 3 is 2.32 bits per heavy atom. The summed E-state index contributed by atoms with van der Waals surface area (Å²) < 4.78 is 16.1. The van der Waals surface area contributed by atoms with Gasteiger partial charge in [0.25, 0.3) is 0 Å². The van der Waals surface area contributed by atoms with Crippen molar-refractivity contribution in [3.63, 3.8) is 0 Å². The minimum absolute atomic E-state index is 0.00674. The summed E-state index contributed by atoms with van der Waals surface area (Å²) in [6.07, 6.45) is -0.470. The van der Waals surface area contributed by atoms with Gasteiger partial charge >= 0.3 is 12.1 Å². The average molecular weight is 469 g/mol. The third-order valence-electron chi connectivity index (χ3n) is 6.05. The lowest BCUT2D eigenvalue weighted by atomic mass is 9.98. The number of hydrogen-bond donors (Lipinski definition) is 3. The molecule has 2 aromatic carbocycles. The van der Waals surface area contributed by atoms with Crippen molar-refractivity contribution < 1.29 is 33.7 Å². The summed E-state index contributed by atoms with van der Waals surface area (Å²) in [6, 6.07) is 16.3. The molecule has 0 radical (unpaired) electrons. The van der Waals surface area contributed by atoms with E-state index in [9.17, 15) is 14.4 Å². The normalized spacial score (nSPS) is 18.7. The van der Waals surface area contributed by atoms with Crippen LogP contribution in [-0.4, -0.2) is 68.7 Å². The third kappa shape index (κ3) is 5.73. The molecule has 0 spiro atoms. The van der Waals surface area contributed by atoms with Crippen LogP contribution in [0.2, 0.25) is 0 Å². The maximum Gasteiger partial charge on any atom is 0.407 e. The molecule has 2 aromatic rings. The number of amides is 2. The molecule has 9 nitrogen and oxygen atoms in total. The molecule has 2 aliphatic rings. The van der Waals surface area contributed by atoms with Crippen LogP contribution in [0.3, 0.4) is 0 Å². The van der Waals surface area contributed by atoms with Gasteiger partial charge in [0.15, 0.2) is 0 Å². The minimum Gasteiger partial charge on any atom is -0.481 e. The number of rotatable bonds is 10. The SMILES string of the molecule is O=C(COCCNC(=O)OCC1c2ccccc2-c2ccccc21)NC[C@H]1C[C@@H](C(=O)O)CO1. The van der Waals surface area contributed by atoms with Gasteiger partial charge in [-0.2, -0.15) is 0 Å². The van der Waals surface area contributed by atoms with Crippen LogP contribution in [0.25, 0.3) is 11.1 Å². The Labute approximate surface area is 197 Å². The molecular formula is C25H28N2O7. The van der Waals surface area contributed by atoms with Gasteiger partial charge in [0.2, 0.25) is 5.91 Å². The number of carbonyl (C=O) groups is 3. The van der Waals surface area contributed by atoms with Gasteiger partial charge in [0.1, 0.15) is 13.2 Å². The van der Waals surface area contributed by atoms with Crippen LogP contribution in [0, 0.1) is 5.92 Å². The molecule has 2 amide bonds. The maximum absolute atomic E-state index is 12.1. The Kier molecular flexibility index (Phi) is 7.76. The van der Waals surface area contributed by atoms with E-state index in [0.29, 0.717) is 6.42 Å². The zero-order valence-corrected chi connectivity index (χ0v) is 18.7. The third-order valence-corrected chi connectivity index (χ3v) is 6.05. The lowest BCUT2D eigenvalue weighted by Gasteiger charge is -2.14. The highest BCUT2D eigenvalue weighted by molar-refractivity contribution is 5.79. The number of carboxylic acid groups (broad SMARTS) is 1. The van der Waals surface area contributed by atoms with Gasteiger partial charge in [-0.3, -0.25) is 9.59 Å². The van der Waals surface area contributed by atoms with E-state index in [2.05, 4.69) is 34.9 Å². The van der Waals surface area contributed by atoms with Gasteiger partial charge in [-0.15, -0.1) is 0 Å². The summed E-state index contributed by atoms with van der Waals surface area (Å²) in [6.45, 7) is 0.822. The van der Waals surface area contributed by atoms with Gasteiger partial charge in [0, 0.05) is 19.0 Å². The van der Waals surface area contributed by atoms with Crippen molar-refractivity contribution in [2.45, 2.75) is 18.4 Å². The predicted molar refractivity (Wildman–Crippen MR) is 122 cm³/mol. The molecule has 1 heterocycles. The van der Waals surface area contributed by atoms with Gasteiger partial charge < -0.3 is 30.0 Å². The van der Waals surface area contributed by atoms with Gasteiger partial charge in [-0.05, 0) is 28.7 Å². The predicted octanol–water partition coefficient (Wildman–Crippen LogP) is 2.15. The quantitative estimate of drug-likeness (QED) is 0.457. The second kappa shape index (κ2) is 11.1. The fourth-order valence-electron chi connectivity index (χ4n) is 4.34. The Balaban J connectivity index is 1.10. The molecule has 9 heteroatoms. The van der Waals surface area contributed by atoms with Crippen LogP contribution in [0.15, 0.2) is 48.5 Å². The number of benzene rings is 2. The largest absolute Gasteiger partial charge is 0.481 e. The van der Waals surface area contributed by atoms with Crippen LogP contribution in [0.4, 0.5) is 4.79 Å². The lowest BCUT2D eigenvalue weighted by molar-refractivity contribution is -0.141. The van der Waals surface area contributed by atoms with Gasteiger partial charge in [0.05, 0.1) is 25.2 Å². The number of hydrogen-bond acceptors (Lipinski definition) is 6. The molecule has 3 N–H and O–H groups in total. The molecule has 34 heavy (non-hydrogen) atoms. The molecule has 1 fully saturated rings. The monoisotopic (exact) mass is 468 g/mol. The Morgan fingerprint density at radius 2 is 1.68 bits per heavy atom. The summed E-state index contributed by atoms with van der Waals surface area (Å²) in [7, 11) is 0. The van der Waals surface area contributed by atoms with Crippen molar-refractivity contribution in [2.24, 2.45) is 5.92 Å². The first-order chi connectivity index (χ1) is 16.5. The molecule has 1 aliphatic carbocycles. The number of alkyl carbamates (subject to hydrolysis) is 1. The fourth-order valence-corrected chi connectivity index (χ4v) is 4.34. The van der Waals surface area contributed by atoms with Crippen molar-refractivity contribution in [3.05, 3.63) is 59.7 Å². The first-order valence-electron chi connectivity index (χ1n) is 11.3. The van der Waals surface area contributed by atoms with E-state index < -0.39 is 18.0 Å². The average Bonchev–Trinajstić information content (AvgIpc) is 3.44. The molecule has 0 bridgehead atoms. The van der Waals surface area contributed by atoms with Crippen molar-refractivity contribution in [2.75, 3.05) is 39.5 Å². The highest BCUT2D eigenvalue weighted by atomic mass is 16.5. The summed E-state index contributed by atoms with van der Waals surface area (Å²) in [5.41, 5.74) is 4.62. The molecule has 0 saturated carbocycles. The first-order valence-corrected chi connectivity index (χ1v) is 11.3. The van der Waals surface area contributed by atoms with Crippen LogP contribution in [0.5, 0.6) is 0 Å². The van der Waals surface area contributed by atoms with E-state index in [0.717, 1.165) is 11.1 Å². The van der Waals surface area contributed by atoms with Crippen LogP contribution in [-0.2, 0) is 23.8 Å². The number of carboxylic acids is 1. The van der Waals surface area contributed by atoms with Crippen molar-refractivity contribution in [1.29, 1.82) is 0 Å². The van der Waals surface area contributed by atoms with Crippen molar-refractivity contribution >= 4 is 18.0 Å². The van der Waals surface area contributed by atoms with Crippen LogP contribution >= 0.6 is 0 Å². The van der Waals surface area contributed by atoms with Gasteiger partial charge in [-0.25, -0.2) is 4.79 Å². The van der Waals surface area contributed by atoms with E-state index in [1.807, 2.05) is 24.3 Å². The standard InChI is InChI=1S/C25H28N2O7/c28-23(27-12-17-11-16(13-33-17)24(29)30)15-32-10-9-26-25(31)34-14-22-20-7-3-1-5-18(20)19-6-2-4-8-21(19)22/h1-8,16-17,22H,9-15H2,(H,26,31)(H,27,28)(H,29,30)/t16-,17-/m1/s1. The summed E-state index contributed by atoms with van der Waals surface area (Å²) in [5, 5.41) is 14.2. The Morgan fingerprint density at radius 1 is 1.00 bits per heavy atom. The Hall–Kier alpha value is -3.43. The molecule has 1 saturated heterocycles. The van der Waals surface area contributed by atoms with Crippen molar-refractivity contribution in [3.8, 4) is 11.1 Å². The molecule has 2 atom stereocenters. The molecule has 180 valence electrons. The van der Waals surface area contributed by atoms with E-state index in [1.54, 1.807) is 0 Å². The number of nitrogens with one attached hydrogen (secondary N) is 2. The molecular weight excluding hydrogens is 440 g/mol. The second-order valence-corrected chi connectivity index (χ2v) is 8.34. The summed E-state index contributed by atoms with van der Waals surface area (Å²) >= 11 is 0. The first kappa shape index (κ1) is 23.7.